The van der Waals surface area contributed by atoms with E-state index in [0.29, 0.717) is 13.1 Å². The molecule has 1 fully saturated rings. The van der Waals surface area contributed by atoms with E-state index in [2.05, 4.69) is 22.2 Å². The Hall–Kier alpha value is -0.560. The molecule has 0 saturated carbocycles. The second-order valence-corrected chi connectivity index (χ2v) is 5.63. The Balaban J connectivity index is 0. The van der Waals surface area contributed by atoms with E-state index in [1.54, 1.807) is 0 Å². The van der Waals surface area contributed by atoms with Crippen LogP contribution in [-0.4, -0.2) is 68.6 Å². The Bertz CT molecular complexity index is 442. The number of hydrogen-bond donors (Lipinski definition) is 2. The van der Waals surface area contributed by atoms with Crippen molar-refractivity contribution in [2.75, 3.05) is 52.9 Å². The molecule has 1 aliphatic heterocycles. The first-order valence-electron chi connectivity index (χ1n) is 7.64. The SMILES string of the molecule is CN1CCN(CCNC(=O)C(CN)c2ccccc2)CC1.Cl.Cl.Cl. The highest BCUT2D eigenvalue weighted by atomic mass is 35.5. The fourth-order valence-electron chi connectivity index (χ4n) is 2.61. The fraction of sp³-hybridized carbons (Fsp3) is 0.562. The lowest BCUT2D eigenvalue weighted by Crippen LogP contribution is -2.47. The fourth-order valence-corrected chi connectivity index (χ4v) is 2.61. The lowest BCUT2D eigenvalue weighted by atomic mass is 9.98. The average Bonchev–Trinajstić information content (AvgIpc) is 2.51. The summed E-state index contributed by atoms with van der Waals surface area (Å²) in [5.74, 6) is -0.225. The molecule has 1 aromatic carbocycles. The second-order valence-electron chi connectivity index (χ2n) is 5.63. The number of nitrogens with one attached hydrogen (secondary N) is 1. The van der Waals surface area contributed by atoms with Gasteiger partial charge in [0.1, 0.15) is 0 Å². The molecule has 0 radical (unpaired) electrons. The number of amides is 1. The molecule has 1 unspecified atom stereocenters. The van der Waals surface area contributed by atoms with Crippen LogP contribution in [0.2, 0.25) is 0 Å². The van der Waals surface area contributed by atoms with E-state index in [0.717, 1.165) is 38.3 Å². The van der Waals surface area contributed by atoms with E-state index in [9.17, 15) is 4.79 Å². The van der Waals surface area contributed by atoms with Crippen LogP contribution in [-0.2, 0) is 4.79 Å². The third kappa shape index (κ3) is 8.01. The van der Waals surface area contributed by atoms with Crippen molar-refractivity contribution >= 4 is 43.1 Å². The molecule has 0 bridgehead atoms. The highest BCUT2D eigenvalue weighted by Crippen LogP contribution is 2.13. The van der Waals surface area contributed by atoms with Crippen LogP contribution < -0.4 is 11.1 Å². The van der Waals surface area contributed by atoms with E-state index >= 15 is 0 Å². The first kappa shape index (κ1) is 25.7. The summed E-state index contributed by atoms with van der Waals surface area (Å²) in [6.45, 7) is 6.28. The van der Waals surface area contributed by atoms with Gasteiger partial charge in [0.15, 0.2) is 0 Å². The lowest BCUT2D eigenvalue weighted by Gasteiger charge is -2.32. The minimum atomic E-state index is -0.251. The van der Waals surface area contributed by atoms with Crippen molar-refractivity contribution < 1.29 is 4.79 Å². The summed E-state index contributed by atoms with van der Waals surface area (Å²) < 4.78 is 0. The topological polar surface area (TPSA) is 61.6 Å². The van der Waals surface area contributed by atoms with Gasteiger partial charge in [-0.25, -0.2) is 0 Å². The van der Waals surface area contributed by atoms with Crippen LogP contribution in [0, 0.1) is 0 Å². The molecule has 24 heavy (non-hydrogen) atoms. The van der Waals surface area contributed by atoms with E-state index in [1.807, 2.05) is 30.3 Å². The van der Waals surface area contributed by atoms with Crippen molar-refractivity contribution in [3.63, 3.8) is 0 Å². The normalized spacial score (nSPS) is 16.1. The third-order valence-electron chi connectivity index (χ3n) is 4.08. The Labute approximate surface area is 163 Å². The number of nitrogens with two attached hydrogens (primary N) is 1. The average molecular weight is 400 g/mol. The number of rotatable bonds is 6. The molecule has 2 rings (SSSR count). The van der Waals surface area contributed by atoms with Crippen molar-refractivity contribution in [2.24, 2.45) is 5.73 Å². The zero-order valence-corrected chi connectivity index (χ0v) is 16.5. The molecular weight excluding hydrogens is 371 g/mol. The molecule has 1 heterocycles. The smallest absolute Gasteiger partial charge is 0.228 e. The van der Waals surface area contributed by atoms with Crippen molar-refractivity contribution in [2.45, 2.75) is 5.92 Å². The van der Waals surface area contributed by atoms with Gasteiger partial charge in [0.2, 0.25) is 5.91 Å². The first-order chi connectivity index (χ1) is 10.2. The molecule has 1 atom stereocenters. The summed E-state index contributed by atoms with van der Waals surface area (Å²) in [5, 5.41) is 3.02. The third-order valence-corrected chi connectivity index (χ3v) is 4.08. The Morgan fingerprint density at radius 3 is 2.25 bits per heavy atom. The highest BCUT2D eigenvalue weighted by molar-refractivity contribution is 5.86. The van der Waals surface area contributed by atoms with Crippen molar-refractivity contribution in [3.8, 4) is 0 Å². The molecule has 1 amide bonds. The Kier molecular flexibility index (Phi) is 14.7. The second kappa shape index (κ2) is 13.7. The van der Waals surface area contributed by atoms with Gasteiger partial charge in [0, 0.05) is 45.8 Å². The van der Waals surface area contributed by atoms with Crippen LogP contribution in [0.3, 0.4) is 0 Å². The molecule has 1 aromatic rings. The Morgan fingerprint density at radius 2 is 1.71 bits per heavy atom. The van der Waals surface area contributed by atoms with Gasteiger partial charge in [0.25, 0.3) is 0 Å². The number of benzene rings is 1. The van der Waals surface area contributed by atoms with Gasteiger partial charge in [-0.15, -0.1) is 37.2 Å². The van der Waals surface area contributed by atoms with Gasteiger partial charge in [0.05, 0.1) is 5.92 Å². The first-order valence-corrected chi connectivity index (χ1v) is 7.64. The van der Waals surface area contributed by atoms with Gasteiger partial charge in [-0.2, -0.15) is 0 Å². The summed E-state index contributed by atoms with van der Waals surface area (Å²) in [6.07, 6.45) is 0. The van der Waals surface area contributed by atoms with E-state index in [1.165, 1.54) is 0 Å². The number of carbonyl (C=O) groups is 1. The molecule has 0 aromatic heterocycles. The van der Waals surface area contributed by atoms with Gasteiger partial charge in [-0.05, 0) is 12.6 Å². The van der Waals surface area contributed by atoms with Gasteiger partial charge >= 0.3 is 0 Å². The van der Waals surface area contributed by atoms with Crippen LogP contribution in [0.4, 0.5) is 0 Å². The van der Waals surface area contributed by atoms with Gasteiger partial charge < -0.3 is 16.0 Å². The summed E-state index contributed by atoms with van der Waals surface area (Å²) in [7, 11) is 2.14. The number of hydrogen-bond acceptors (Lipinski definition) is 4. The molecule has 8 heteroatoms. The van der Waals surface area contributed by atoms with Crippen molar-refractivity contribution in [3.05, 3.63) is 35.9 Å². The van der Waals surface area contributed by atoms with Crippen LogP contribution in [0.1, 0.15) is 11.5 Å². The molecule has 5 nitrogen and oxygen atoms in total. The maximum Gasteiger partial charge on any atom is 0.228 e. The van der Waals surface area contributed by atoms with Crippen molar-refractivity contribution in [1.29, 1.82) is 0 Å². The van der Waals surface area contributed by atoms with Crippen LogP contribution in [0.5, 0.6) is 0 Å². The molecule has 1 aliphatic rings. The molecule has 0 spiro atoms. The van der Waals surface area contributed by atoms with E-state index in [4.69, 9.17) is 5.73 Å². The Morgan fingerprint density at radius 1 is 1.12 bits per heavy atom. The summed E-state index contributed by atoms with van der Waals surface area (Å²) in [5.41, 5.74) is 6.74. The zero-order chi connectivity index (χ0) is 15.1. The van der Waals surface area contributed by atoms with Gasteiger partial charge in [-0.3, -0.25) is 9.69 Å². The quantitative estimate of drug-likeness (QED) is 0.758. The van der Waals surface area contributed by atoms with Crippen LogP contribution in [0.25, 0.3) is 0 Å². The minimum absolute atomic E-state index is 0. The predicted molar refractivity (Wildman–Crippen MR) is 107 cm³/mol. The number of likely N-dealkylation sites (N-methyl/N-ethyl adjacent to an activating group) is 1. The number of piperazine rings is 1. The molecule has 140 valence electrons. The van der Waals surface area contributed by atoms with Crippen LogP contribution in [0.15, 0.2) is 30.3 Å². The summed E-state index contributed by atoms with van der Waals surface area (Å²) >= 11 is 0. The van der Waals surface area contributed by atoms with Crippen LogP contribution >= 0.6 is 37.2 Å². The molecular formula is C16H29Cl3N4O. The highest BCUT2D eigenvalue weighted by Gasteiger charge is 2.19. The monoisotopic (exact) mass is 398 g/mol. The summed E-state index contributed by atoms with van der Waals surface area (Å²) in [6, 6.07) is 9.74. The van der Waals surface area contributed by atoms with Gasteiger partial charge in [-0.1, -0.05) is 30.3 Å². The number of nitrogens with zero attached hydrogens (tertiary/aromatic N) is 2. The largest absolute Gasteiger partial charge is 0.354 e. The van der Waals surface area contributed by atoms with Crippen molar-refractivity contribution in [1.82, 2.24) is 15.1 Å². The van der Waals surface area contributed by atoms with E-state index in [-0.39, 0.29) is 49.0 Å². The maximum absolute atomic E-state index is 12.3. The zero-order valence-electron chi connectivity index (χ0n) is 14.0. The maximum atomic E-state index is 12.3. The number of carbonyl (C=O) groups excluding carboxylic acids is 1. The standard InChI is InChI=1S/C16H26N4O.3ClH/c1-19-9-11-20(12-10-19)8-7-18-16(21)15(13-17)14-5-3-2-4-6-14;;;/h2-6,15H,7-13,17H2,1H3,(H,18,21);3*1H. The van der Waals surface area contributed by atoms with E-state index < -0.39 is 0 Å². The molecule has 3 N–H and O–H groups in total. The molecule has 0 aliphatic carbocycles. The predicted octanol–water partition coefficient (Wildman–Crippen LogP) is 1.36. The number of halogens is 3. The summed E-state index contributed by atoms with van der Waals surface area (Å²) in [4.78, 5) is 17.0. The lowest BCUT2D eigenvalue weighted by molar-refractivity contribution is -0.122. The molecule has 1 saturated heterocycles. The minimum Gasteiger partial charge on any atom is -0.354 e.